The minimum atomic E-state index is -0.465. The number of nitrogens with two attached hydrogens (primary N) is 1. The topological polar surface area (TPSA) is 75.4 Å². The second-order valence-corrected chi connectivity index (χ2v) is 7.40. The minimum Gasteiger partial charge on any atom is -0.344 e. The highest BCUT2D eigenvalue weighted by Gasteiger charge is 2.40. The van der Waals surface area contributed by atoms with Gasteiger partial charge < -0.3 is 16.0 Å². The van der Waals surface area contributed by atoms with Crippen molar-refractivity contribution in [1.29, 1.82) is 0 Å². The van der Waals surface area contributed by atoms with E-state index in [0.29, 0.717) is 19.5 Å². The van der Waals surface area contributed by atoms with E-state index in [9.17, 15) is 9.59 Å². The van der Waals surface area contributed by atoms with Crippen LogP contribution in [0.4, 0.5) is 0 Å². The fourth-order valence-electron chi connectivity index (χ4n) is 3.89. The number of carbonyl (C=O) groups excluding carboxylic acids is 2. The molecule has 1 aliphatic carbocycles. The molecule has 5 heteroatoms. The molecule has 1 aromatic carbocycles. The van der Waals surface area contributed by atoms with Crippen molar-refractivity contribution in [2.45, 2.75) is 57.2 Å². The quantitative estimate of drug-likeness (QED) is 0.884. The molecule has 3 unspecified atom stereocenters. The van der Waals surface area contributed by atoms with Gasteiger partial charge in [0, 0.05) is 18.6 Å². The van der Waals surface area contributed by atoms with Gasteiger partial charge in [-0.25, -0.2) is 0 Å². The van der Waals surface area contributed by atoms with Crippen LogP contribution < -0.4 is 11.1 Å². The number of amides is 2. The van der Waals surface area contributed by atoms with E-state index in [1.54, 1.807) is 0 Å². The Morgan fingerprint density at radius 1 is 1.29 bits per heavy atom. The third kappa shape index (κ3) is 3.61. The van der Waals surface area contributed by atoms with Crippen LogP contribution >= 0.6 is 0 Å². The summed E-state index contributed by atoms with van der Waals surface area (Å²) in [5, 5.41) is 2.96. The monoisotopic (exact) mass is 329 g/mol. The average Bonchev–Trinajstić information content (AvgIpc) is 2.88. The van der Waals surface area contributed by atoms with Crippen LogP contribution in [0.3, 0.4) is 0 Å². The summed E-state index contributed by atoms with van der Waals surface area (Å²) in [4.78, 5) is 27.0. The lowest BCUT2D eigenvalue weighted by molar-refractivity contribution is -0.135. The first-order valence-electron chi connectivity index (χ1n) is 8.89. The normalized spacial score (nSPS) is 30.4. The van der Waals surface area contributed by atoms with Gasteiger partial charge in [-0.15, -0.1) is 0 Å². The lowest BCUT2D eigenvalue weighted by Crippen LogP contribution is -2.55. The first-order valence-corrected chi connectivity index (χ1v) is 8.89. The van der Waals surface area contributed by atoms with Gasteiger partial charge in [0.15, 0.2) is 0 Å². The van der Waals surface area contributed by atoms with Crippen molar-refractivity contribution >= 4 is 11.8 Å². The van der Waals surface area contributed by atoms with Gasteiger partial charge in [-0.05, 0) is 31.7 Å². The Morgan fingerprint density at radius 2 is 2.04 bits per heavy atom. The van der Waals surface area contributed by atoms with Crippen LogP contribution in [0.15, 0.2) is 30.3 Å². The van der Waals surface area contributed by atoms with Crippen LogP contribution in [0.5, 0.6) is 0 Å². The van der Waals surface area contributed by atoms with Crippen LogP contribution in [-0.4, -0.2) is 34.8 Å². The van der Waals surface area contributed by atoms with Crippen molar-refractivity contribution in [2.75, 3.05) is 6.54 Å². The maximum absolute atomic E-state index is 12.6. The Bertz CT molecular complexity index is 600. The molecule has 3 rings (SSSR count). The first kappa shape index (κ1) is 17.0. The van der Waals surface area contributed by atoms with Crippen molar-refractivity contribution in [3.8, 4) is 0 Å². The standard InChI is InChI=1S/C19H27N3O2/c1-19(20)11-6-5-9-15(19)17(23)21-16-10-12-22(18(16)24)13-14-7-3-2-4-8-14/h2-4,7-8,15-16H,5-6,9-13,20H2,1H3,(H,21,23). The van der Waals surface area contributed by atoms with Gasteiger partial charge in [-0.2, -0.15) is 0 Å². The Morgan fingerprint density at radius 3 is 2.75 bits per heavy atom. The van der Waals surface area contributed by atoms with E-state index in [-0.39, 0.29) is 17.7 Å². The van der Waals surface area contributed by atoms with Gasteiger partial charge in [-0.1, -0.05) is 43.2 Å². The zero-order valence-electron chi connectivity index (χ0n) is 14.3. The summed E-state index contributed by atoms with van der Waals surface area (Å²) in [6, 6.07) is 9.54. The number of nitrogens with zero attached hydrogens (tertiary/aromatic N) is 1. The molecule has 1 saturated carbocycles. The van der Waals surface area contributed by atoms with Crippen LogP contribution in [-0.2, 0) is 16.1 Å². The predicted octanol–water partition coefficient (Wildman–Crippen LogP) is 1.81. The Balaban J connectivity index is 1.58. The third-order valence-electron chi connectivity index (χ3n) is 5.40. The molecular weight excluding hydrogens is 302 g/mol. The van der Waals surface area contributed by atoms with E-state index in [4.69, 9.17) is 5.73 Å². The fourth-order valence-corrected chi connectivity index (χ4v) is 3.89. The highest BCUT2D eigenvalue weighted by Crippen LogP contribution is 2.32. The molecule has 130 valence electrons. The van der Waals surface area contributed by atoms with Crippen LogP contribution in [0.25, 0.3) is 0 Å². The van der Waals surface area contributed by atoms with Crippen LogP contribution in [0.1, 0.15) is 44.6 Å². The maximum atomic E-state index is 12.6. The maximum Gasteiger partial charge on any atom is 0.245 e. The second kappa shape index (κ2) is 6.93. The van der Waals surface area contributed by atoms with E-state index in [0.717, 1.165) is 31.2 Å². The average molecular weight is 329 g/mol. The predicted molar refractivity (Wildman–Crippen MR) is 93.0 cm³/mol. The number of hydrogen-bond acceptors (Lipinski definition) is 3. The molecule has 1 aromatic rings. The molecule has 1 saturated heterocycles. The lowest BCUT2D eigenvalue weighted by Gasteiger charge is -2.37. The van der Waals surface area contributed by atoms with Gasteiger partial charge in [0.1, 0.15) is 6.04 Å². The molecule has 1 heterocycles. The molecule has 2 fully saturated rings. The number of nitrogens with one attached hydrogen (secondary N) is 1. The van der Waals surface area contributed by atoms with Crippen LogP contribution in [0, 0.1) is 5.92 Å². The van der Waals surface area contributed by atoms with Gasteiger partial charge in [-0.3, -0.25) is 9.59 Å². The van der Waals surface area contributed by atoms with Gasteiger partial charge >= 0.3 is 0 Å². The zero-order chi connectivity index (χ0) is 17.2. The smallest absolute Gasteiger partial charge is 0.245 e. The van der Waals surface area contributed by atoms with Gasteiger partial charge in [0.05, 0.1) is 5.92 Å². The first-order chi connectivity index (χ1) is 11.5. The molecule has 0 spiro atoms. The Kier molecular flexibility index (Phi) is 4.90. The molecule has 2 amide bonds. The number of carbonyl (C=O) groups is 2. The van der Waals surface area contributed by atoms with Crippen molar-refractivity contribution in [3.63, 3.8) is 0 Å². The minimum absolute atomic E-state index is 0.0155. The zero-order valence-corrected chi connectivity index (χ0v) is 14.3. The molecule has 3 atom stereocenters. The lowest BCUT2D eigenvalue weighted by atomic mass is 9.74. The summed E-state index contributed by atoms with van der Waals surface area (Å²) in [7, 11) is 0. The number of rotatable bonds is 4. The highest BCUT2D eigenvalue weighted by atomic mass is 16.2. The summed E-state index contributed by atoms with van der Waals surface area (Å²) in [5.41, 5.74) is 6.95. The summed E-state index contributed by atoms with van der Waals surface area (Å²) >= 11 is 0. The van der Waals surface area contributed by atoms with Crippen molar-refractivity contribution in [1.82, 2.24) is 10.2 Å². The molecule has 0 aromatic heterocycles. The van der Waals surface area contributed by atoms with E-state index >= 15 is 0 Å². The molecule has 2 aliphatic rings. The van der Waals surface area contributed by atoms with Crippen LogP contribution in [0.2, 0.25) is 0 Å². The van der Waals surface area contributed by atoms with Gasteiger partial charge in [0.2, 0.25) is 11.8 Å². The highest BCUT2D eigenvalue weighted by molar-refractivity contribution is 5.90. The number of benzene rings is 1. The SMILES string of the molecule is CC1(N)CCCCC1C(=O)NC1CCN(Cc2ccccc2)C1=O. The summed E-state index contributed by atoms with van der Waals surface area (Å²) in [6.07, 6.45) is 4.45. The Labute approximate surface area is 143 Å². The Hall–Kier alpha value is -1.88. The van der Waals surface area contributed by atoms with Crippen molar-refractivity contribution in [3.05, 3.63) is 35.9 Å². The molecule has 24 heavy (non-hydrogen) atoms. The van der Waals surface area contributed by atoms with E-state index < -0.39 is 11.6 Å². The molecular formula is C19H27N3O2. The summed E-state index contributed by atoms with van der Waals surface area (Å²) in [5.74, 6) is -0.233. The molecule has 0 bridgehead atoms. The molecule has 0 radical (unpaired) electrons. The van der Waals surface area contributed by atoms with E-state index in [1.165, 1.54) is 0 Å². The molecule has 5 nitrogen and oxygen atoms in total. The van der Waals surface area contributed by atoms with Crippen molar-refractivity contribution in [2.24, 2.45) is 11.7 Å². The van der Waals surface area contributed by atoms with Gasteiger partial charge in [0.25, 0.3) is 0 Å². The second-order valence-electron chi connectivity index (χ2n) is 7.40. The fraction of sp³-hybridized carbons (Fsp3) is 0.579. The molecule has 1 aliphatic heterocycles. The summed E-state index contributed by atoms with van der Waals surface area (Å²) < 4.78 is 0. The number of likely N-dealkylation sites (tertiary alicyclic amines) is 1. The van der Waals surface area contributed by atoms with Crippen molar-refractivity contribution < 1.29 is 9.59 Å². The third-order valence-corrected chi connectivity index (χ3v) is 5.40. The summed E-state index contributed by atoms with van der Waals surface area (Å²) in [6.45, 7) is 3.24. The van der Waals surface area contributed by atoms with E-state index in [2.05, 4.69) is 5.32 Å². The number of hydrogen-bond donors (Lipinski definition) is 2. The largest absolute Gasteiger partial charge is 0.344 e. The van der Waals surface area contributed by atoms with E-state index in [1.807, 2.05) is 42.2 Å². The molecule has 3 N–H and O–H groups in total.